The second-order valence-corrected chi connectivity index (χ2v) is 4.70. The zero-order valence-corrected chi connectivity index (χ0v) is 9.73. The van der Waals surface area contributed by atoms with Gasteiger partial charge in [-0.3, -0.25) is 4.79 Å². The average Bonchev–Trinajstić information content (AvgIpc) is 2.51. The molecule has 0 saturated carbocycles. The van der Waals surface area contributed by atoms with E-state index in [1.807, 2.05) is 0 Å². The molecule has 0 bridgehead atoms. The molecule has 6 heteroatoms. The Bertz CT molecular complexity index is 431. The Morgan fingerprint density at radius 1 is 1.53 bits per heavy atom. The van der Waals surface area contributed by atoms with Gasteiger partial charge in [0.1, 0.15) is 5.54 Å². The Balaban J connectivity index is 3.23. The predicted molar refractivity (Wildman–Crippen MR) is 59.2 cm³/mol. The van der Waals surface area contributed by atoms with Gasteiger partial charge in [-0.2, -0.15) is 0 Å². The summed E-state index contributed by atoms with van der Waals surface area (Å²) in [5.74, 6) is -1.05. The van der Waals surface area contributed by atoms with Crippen LogP contribution in [0.15, 0.2) is 6.20 Å². The fourth-order valence-corrected chi connectivity index (χ4v) is 1.38. The molecule has 0 fully saturated rings. The summed E-state index contributed by atoms with van der Waals surface area (Å²) < 4.78 is 0.458. The maximum absolute atomic E-state index is 11.1. The van der Waals surface area contributed by atoms with E-state index in [0.29, 0.717) is 10.5 Å². The van der Waals surface area contributed by atoms with Crippen LogP contribution in [0.4, 0.5) is 0 Å². The normalized spacial score (nSPS) is 16.0. The molecular formula is C9H15N3O2S. The van der Waals surface area contributed by atoms with Crippen LogP contribution in [0.2, 0.25) is 0 Å². The number of hydrogen-bond donors (Lipinski definition) is 4. The van der Waals surface area contributed by atoms with E-state index in [4.69, 9.17) is 23.1 Å². The molecule has 5 nitrogen and oxygen atoms in total. The molecule has 0 aliphatic heterocycles. The highest BCUT2D eigenvalue weighted by Gasteiger charge is 2.46. The molecule has 5 N–H and O–H groups in total. The molecule has 0 amide bonds. The molecule has 0 aromatic carbocycles. The third-order valence-corrected chi connectivity index (χ3v) is 3.23. The number of carboxylic acid groups (broad SMARTS) is 1. The Kier molecular flexibility index (Phi) is 2.75. The van der Waals surface area contributed by atoms with Crippen LogP contribution < -0.4 is 5.73 Å². The summed E-state index contributed by atoms with van der Waals surface area (Å²) in [7, 11) is 0. The molecule has 1 heterocycles. The fraction of sp³-hybridized carbons (Fsp3) is 0.556. The minimum atomic E-state index is -1.37. The van der Waals surface area contributed by atoms with E-state index in [0.717, 1.165) is 0 Å². The van der Waals surface area contributed by atoms with Crippen molar-refractivity contribution < 1.29 is 9.90 Å². The van der Waals surface area contributed by atoms with Crippen molar-refractivity contribution in [3.05, 3.63) is 16.7 Å². The molecule has 0 saturated heterocycles. The number of imidazole rings is 1. The molecule has 0 spiro atoms. The summed E-state index contributed by atoms with van der Waals surface area (Å²) >= 11 is 4.89. The van der Waals surface area contributed by atoms with Gasteiger partial charge in [-0.05, 0) is 19.1 Å². The molecular weight excluding hydrogens is 214 g/mol. The topological polar surface area (TPSA) is 94.9 Å². The fourth-order valence-electron chi connectivity index (χ4n) is 1.22. The molecule has 84 valence electrons. The third-order valence-electron chi connectivity index (χ3n) is 3.01. The minimum Gasteiger partial charge on any atom is -0.480 e. The van der Waals surface area contributed by atoms with Crippen LogP contribution in [-0.2, 0) is 10.2 Å². The van der Waals surface area contributed by atoms with Gasteiger partial charge in [-0.1, -0.05) is 13.8 Å². The van der Waals surface area contributed by atoms with E-state index in [1.54, 1.807) is 20.0 Å². The Morgan fingerprint density at radius 3 is 2.40 bits per heavy atom. The average molecular weight is 229 g/mol. The Hall–Kier alpha value is -1.14. The number of H-pyrrole nitrogens is 2. The van der Waals surface area contributed by atoms with Gasteiger partial charge in [0.2, 0.25) is 0 Å². The van der Waals surface area contributed by atoms with Gasteiger partial charge in [0.05, 0.1) is 0 Å². The highest BCUT2D eigenvalue weighted by Crippen LogP contribution is 2.31. The van der Waals surface area contributed by atoms with Crippen LogP contribution in [-0.4, -0.2) is 26.6 Å². The van der Waals surface area contributed by atoms with Crippen LogP contribution in [0.1, 0.15) is 26.5 Å². The third kappa shape index (κ3) is 1.82. The summed E-state index contributed by atoms with van der Waals surface area (Å²) in [6, 6.07) is 0. The highest BCUT2D eigenvalue weighted by atomic mass is 32.1. The van der Waals surface area contributed by atoms with E-state index < -0.39 is 16.9 Å². The Morgan fingerprint density at radius 2 is 2.07 bits per heavy atom. The molecule has 0 unspecified atom stereocenters. The number of nitrogens with two attached hydrogens (primary N) is 1. The first-order valence-electron chi connectivity index (χ1n) is 4.50. The number of aromatic amines is 2. The lowest BCUT2D eigenvalue weighted by atomic mass is 9.72. The largest absolute Gasteiger partial charge is 0.480 e. The summed E-state index contributed by atoms with van der Waals surface area (Å²) in [5, 5.41) is 9.07. The van der Waals surface area contributed by atoms with E-state index in [2.05, 4.69) is 9.97 Å². The number of aliphatic carboxylic acids is 1. The number of aromatic nitrogens is 2. The summed E-state index contributed by atoms with van der Waals surface area (Å²) in [5.41, 5.74) is 4.38. The number of nitrogens with one attached hydrogen (secondary N) is 2. The maximum Gasteiger partial charge on any atom is 0.324 e. The second-order valence-electron chi connectivity index (χ2n) is 4.29. The highest BCUT2D eigenvalue weighted by molar-refractivity contribution is 7.71. The van der Waals surface area contributed by atoms with Crippen LogP contribution >= 0.6 is 12.2 Å². The molecule has 15 heavy (non-hydrogen) atoms. The first kappa shape index (κ1) is 11.9. The summed E-state index contributed by atoms with van der Waals surface area (Å²) in [6.45, 7) is 5.00. The lowest BCUT2D eigenvalue weighted by Gasteiger charge is -2.36. The molecule has 0 aliphatic carbocycles. The van der Waals surface area contributed by atoms with Crippen LogP contribution in [0.25, 0.3) is 0 Å². The van der Waals surface area contributed by atoms with Gasteiger partial charge in [-0.25, -0.2) is 0 Å². The van der Waals surface area contributed by atoms with Gasteiger partial charge in [0, 0.05) is 17.3 Å². The number of carboxylic acids is 1. The van der Waals surface area contributed by atoms with Crippen LogP contribution in [0.3, 0.4) is 0 Å². The van der Waals surface area contributed by atoms with Crippen molar-refractivity contribution in [2.75, 3.05) is 0 Å². The first-order valence-corrected chi connectivity index (χ1v) is 4.91. The second kappa shape index (κ2) is 3.46. The maximum atomic E-state index is 11.1. The minimum absolute atomic E-state index is 0.458. The van der Waals surface area contributed by atoms with Gasteiger partial charge in [0.15, 0.2) is 4.77 Å². The van der Waals surface area contributed by atoms with Gasteiger partial charge >= 0.3 is 5.97 Å². The molecule has 1 rings (SSSR count). The summed E-state index contributed by atoms with van der Waals surface area (Å²) in [4.78, 5) is 16.8. The molecule has 0 radical (unpaired) electrons. The SMILES string of the molecule is CC(C)(c1c[nH]c(=S)[nH]1)[C@](C)(N)C(=O)O. The molecule has 1 aromatic rings. The smallest absolute Gasteiger partial charge is 0.324 e. The van der Waals surface area contributed by atoms with Crippen molar-refractivity contribution in [3.63, 3.8) is 0 Å². The van der Waals surface area contributed by atoms with Crippen molar-refractivity contribution in [3.8, 4) is 0 Å². The number of carbonyl (C=O) groups is 1. The van der Waals surface area contributed by atoms with Gasteiger partial charge < -0.3 is 20.8 Å². The van der Waals surface area contributed by atoms with Crippen LogP contribution in [0, 0.1) is 4.77 Å². The van der Waals surface area contributed by atoms with E-state index in [-0.39, 0.29) is 0 Å². The van der Waals surface area contributed by atoms with E-state index >= 15 is 0 Å². The monoisotopic (exact) mass is 229 g/mol. The quantitative estimate of drug-likeness (QED) is 0.585. The van der Waals surface area contributed by atoms with E-state index in [9.17, 15) is 4.79 Å². The van der Waals surface area contributed by atoms with Gasteiger partial charge in [0.25, 0.3) is 0 Å². The zero-order valence-electron chi connectivity index (χ0n) is 8.92. The van der Waals surface area contributed by atoms with Crippen LogP contribution in [0.5, 0.6) is 0 Å². The zero-order chi connectivity index (χ0) is 11.9. The number of hydrogen-bond acceptors (Lipinski definition) is 3. The standard InChI is InChI=1S/C9H15N3O2S/c1-8(2,9(3,10)6(13)14)5-4-11-7(15)12-5/h4H,10H2,1-3H3,(H,13,14)(H2,11,12,15)/t9-/m1/s1. The van der Waals surface area contributed by atoms with Crippen molar-refractivity contribution >= 4 is 18.2 Å². The molecule has 1 aromatic heterocycles. The van der Waals surface area contributed by atoms with Crippen molar-refractivity contribution in [1.29, 1.82) is 0 Å². The van der Waals surface area contributed by atoms with Crippen molar-refractivity contribution in [2.24, 2.45) is 5.73 Å². The molecule has 0 aliphatic rings. The lowest BCUT2D eigenvalue weighted by Crippen LogP contribution is -2.58. The Labute approximate surface area is 92.7 Å². The molecule has 1 atom stereocenters. The van der Waals surface area contributed by atoms with Crippen molar-refractivity contribution in [1.82, 2.24) is 9.97 Å². The summed E-state index contributed by atoms with van der Waals surface area (Å²) in [6.07, 6.45) is 1.65. The number of rotatable bonds is 3. The van der Waals surface area contributed by atoms with Gasteiger partial charge in [-0.15, -0.1) is 0 Å². The lowest BCUT2D eigenvalue weighted by molar-refractivity contribution is -0.145. The van der Waals surface area contributed by atoms with Crippen molar-refractivity contribution in [2.45, 2.75) is 31.7 Å². The first-order chi connectivity index (χ1) is 6.69. The van der Waals surface area contributed by atoms with E-state index in [1.165, 1.54) is 6.92 Å². The predicted octanol–water partition coefficient (Wildman–Crippen LogP) is 1.15.